The van der Waals surface area contributed by atoms with E-state index in [1.54, 1.807) is 37.4 Å². The van der Waals surface area contributed by atoms with E-state index in [0.717, 1.165) is 11.0 Å². The molecule has 3 N–H and O–H groups in total. The molecule has 9 heteroatoms. The summed E-state index contributed by atoms with van der Waals surface area (Å²) in [5, 5.41) is 9.43. The van der Waals surface area contributed by atoms with Crippen molar-refractivity contribution in [1.29, 1.82) is 0 Å². The highest BCUT2D eigenvalue weighted by molar-refractivity contribution is 7.10. The number of benzene rings is 2. The molecule has 32 heavy (non-hydrogen) atoms. The van der Waals surface area contributed by atoms with Crippen molar-refractivity contribution in [3.05, 3.63) is 71.5 Å². The summed E-state index contributed by atoms with van der Waals surface area (Å²) in [6.45, 7) is 5.56. The first-order valence-corrected chi connectivity index (χ1v) is 10.9. The summed E-state index contributed by atoms with van der Waals surface area (Å²) in [7, 11) is 0. The molecular weight excluding hydrogens is 424 g/mol. The molecule has 0 saturated heterocycles. The molecule has 4 rings (SSSR count). The zero-order valence-electron chi connectivity index (χ0n) is 17.8. The smallest absolute Gasteiger partial charge is 0.260 e. The third-order valence-corrected chi connectivity index (χ3v) is 5.44. The van der Waals surface area contributed by atoms with Gasteiger partial charge in [-0.15, -0.1) is 0 Å². The summed E-state index contributed by atoms with van der Waals surface area (Å²) >= 11 is 1.18. The summed E-state index contributed by atoms with van der Waals surface area (Å²) in [6.07, 6.45) is 1.62. The zero-order chi connectivity index (χ0) is 22.7. The Labute approximate surface area is 189 Å². The van der Waals surface area contributed by atoms with Crippen LogP contribution in [0.15, 0.2) is 54.7 Å². The van der Waals surface area contributed by atoms with Gasteiger partial charge >= 0.3 is 0 Å². The van der Waals surface area contributed by atoms with Crippen LogP contribution in [0.4, 0.5) is 16.5 Å². The number of carbonyl (C=O) groups excluding carboxylic acids is 2. The van der Waals surface area contributed by atoms with E-state index in [1.807, 2.05) is 38.1 Å². The quantitative estimate of drug-likeness (QED) is 0.402. The second-order valence-corrected chi connectivity index (χ2v) is 8.28. The van der Waals surface area contributed by atoms with Crippen LogP contribution in [0.1, 0.15) is 40.3 Å². The number of carbonyl (C=O) groups is 2. The summed E-state index contributed by atoms with van der Waals surface area (Å²) in [6, 6.07) is 14.4. The maximum absolute atomic E-state index is 13.1. The van der Waals surface area contributed by atoms with E-state index in [4.69, 9.17) is 0 Å². The molecule has 8 nitrogen and oxygen atoms in total. The Morgan fingerprint density at radius 2 is 1.78 bits per heavy atom. The van der Waals surface area contributed by atoms with Gasteiger partial charge in [0.25, 0.3) is 11.8 Å². The van der Waals surface area contributed by atoms with Crippen molar-refractivity contribution in [2.45, 2.75) is 26.8 Å². The molecule has 2 aromatic carbocycles. The molecule has 4 aromatic rings. The lowest BCUT2D eigenvalue weighted by atomic mass is 10.1. The Hall–Kier alpha value is -3.85. The van der Waals surface area contributed by atoms with Crippen LogP contribution >= 0.6 is 11.5 Å². The van der Waals surface area contributed by atoms with E-state index in [9.17, 15) is 9.59 Å². The molecule has 0 fully saturated rings. The van der Waals surface area contributed by atoms with Crippen LogP contribution < -0.4 is 16.0 Å². The molecule has 2 heterocycles. The third-order valence-electron chi connectivity index (χ3n) is 4.58. The van der Waals surface area contributed by atoms with Crippen LogP contribution in [-0.2, 0) is 0 Å². The second kappa shape index (κ2) is 9.11. The number of para-hydroxylation sites is 2. The first kappa shape index (κ1) is 21.4. The Kier molecular flexibility index (Phi) is 6.09. The van der Waals surface area contributed by atoms with E-state index >= 15 is 0 Å². The fourth-order valence-corrected chi connectivity index (χ4v) is 3.93. The summed E-state index contributed by atoms with van der Waals surface area (Å²) in [5.74, 6) is 0.00406. The first-order chi connectivity index (χ1) is 15.4. The maximum atomic E-state index is 13.1. The fourth-order valence-electron chi connectivity index (χ4n) is 3.13. The van der Waals surface area contributed by atoms with E-state index in [1.165, 1.54) is 11.5 Å². The number of anilines is 3. The van der Waals surface area contributed by atoms with Crippen molar-refractivity contribution >= 4 is 50.9 Å². The number of aromatic nitrogens is 3. The van der Waals surface area contributed by atoms with Crippen LogP contribution in [0, 0.1) is 6.92 Å². The number of rotatable bonds is 6. The Bertz CT molecular complexity index is 1300. The Morgan fingerprint density at radius 3 is 2.56 bits per heavy atom. The van der Waals surface area contributed by atoms with Crippen molar-refractivity contribution in [2.24, 2.45) is 0 Å². The number of nitrogens with zero attached hydrogens (tertiary/aromatic N) is 3. The van der Waals surface area contributed by atoms with Crippen molar-refractivity contribution in [3.8, 4) is 0 Å². The monoisotopic (exact) mass is 446 g/mol. The van der Waals surface area contributed by atoms with E-state index in [-0.39, 0.29) is 17.9 Å². The van der Waals surface area contributed by atoms with Gasteiger partial charge in [0.15, 0.2) is 0 Å². The maximum Gasteiger partial charge on any atom is 0.260 e. The van der Waals surface area contributed by atoms with Crippen molar-refractivity contribution in [1.82, 2.24) is 19.7 Å². The average Bonchev–Trinajstić information content (AvgIpc) is 3.13. The highest BCUT2D eigenvalue weighted by Gasteiger charge is 2.20. The van der Waals surface area contributed by atoms with Gasteiger partial charge in [-0.1, -0.05) is 18.2 Å². The van der Waals surface area contributed by atoms with E-state index in [0.29, 0.717) is 33.3 Å². The number of amides is 2. The van der Waals surface area contributed by atoms with Gasteiger partial charge in [-0.3, -0.25) is 14.6 Å². The fraction of sp³-hybridized carbons (Fsp3) is 0.174. The van der Waals surface area contributed by atoms with Crippen LogP contribution in [0.3, 0.4) is 0 Å². The molecule has 0 bridgehead atoms. The van der Waals surface area contributed by atoms with Crippen molar-refractivity contribution < 1.29 is 9.59 Å². The molecule has 0 saturated carbocycles. The molecule has 0 atom stereocenters. The topological polar surface area (TPSA) is 109 Å². The minimum absolute atomic E-state index is 0.0205. The van der Waals surface area contributed by atoms with Crippen LogP contribution in [0.2, 0.25) is 0 Å². The van der Waals surface area contributed by atoms with Gasteiger partial charge in [0.1, 0.15) is 10.8 Å². The minimum atomic E-state index is -0.325. The van der Waals surface area contributed by atoms with Crippen molar-refractivity contribution in [3.63, 3.8) is 0 Å². The number of hydrogen-bond donors (Lipinski definition) is 3. The van der Waals surface area contributed by atoms with Gasteiger partial charge in [0.05, 0.1) is 28.5 Å². The number of aryl methyl sites for hydroxylation is 1. The summed E-state index contributed by atoms with van der Waals surface area (Å²) in [5.41, 5.74) is 3.55. The van der Waals surface area contributed by atoms with Crippen molar-refractivity contribution in [2.75, 3.05) is 10.6 Å². The predicted molar refractivity (Wildman–Crippen MR) is 127 cm³/mol. The molecule has 2 aromatic heterocycles. The molecule has 0 unspecified atom stereocenters. The minimum Gasteiger partial charge on any atom is -0.350 e. The molecule has 0 aliphatic rings. The van der Waals surface area contributed by atoms with Gasteiger partial charge in [0.2, 0.25) is 0 Å². The molecule has 0 aliphatic heterocycles. The molecule has 2 amide bonds. The van der Waals surface area contributed by atoms with E-state index in [2.05, 4.69) is 30.3 Å². The standard InChI is InChI=1S/C23H22N6O2S/c1-13(2)25-21(30)15-7-6-8-16(11-15)26-22(31)20-14(3)29-32-23(20)28-19-12-24-17-9-4-5-10-18(17)27-19/h4-13H,1-3H3,(H,25,30)(H,26,31)(H,27,28). The first-order valence-electron chi connectivity index (χ1n) is 10.1. The lowest BCUT2D eigenvalue weighted by molar-refractivity contribution is 0.0941. The van der Waals surface area contributed by atoms with Crippen LogP contribution in [-0.4, -0.2) is 32.2 Å². The van der Waals surface area contributed by atoms with Gasteiger partial charge in [-0.2, -0.15) is 4.37 Å². The number of hydrogen-bond acceptors (Lipinski definition) is 7. The largest absolute Gasteiger partial charge is 0.350 e. The zero-order valence-corrected chi connectivity index (χ0v) is 18.7. The highest BCUT2D eigenvalue weighted by atomic mass is 32.1. The number of nitrogens with one attached hydrogen (secondary N) is 3. The van der Waals surface area contributed by atoms with E-state index < -0.39 is 0 Å². The van der Waals surface area contributed by atoms with Gasteiger partial charge in [-0.25, -0.2) is 4.98 Å². The summed E-state index contributed by atoms with van der Waals surface area (Å²) in [4.78, 5) is 34.3. The molecule has 0 spiro atoms. The van der Waals surface area contributed by atoms with Crippen LogP contribution in [0.5, 0.6) is 0 Å². The lowest BCUT2D eigenvalue weighted by Gasteiger charge is -2.11. The lowest BCUT2D eigenvalue weighted by Crippen LogP contribution is -2.30. The van der Waals surface area contributed by atoms with Gasteiger partial charge < -0.3 is 16.0 Å². The third kappa shape index (κ3) is 4.73. The normalized spacial score (nSPS) is 10.9. The van der Waals surface area contributed by atoms with Crippen LogP contribution in [0.25, 0.3) is 11.0 Å². The molecular formula is C23H22N6O2S. The average molecular weight is 447 g/mol. The van der Waals surface area contributed by atoms with Gasteiger partial charge in [0, 0.05) is 17.3 Å². The Balaban J connectivity index is 1.55. The second-order valence-electron chi connectivity index (χ2n) is 7.50. The molecule has 0 radical (unpaired) electrons. The number of fused-ring (bicyclic) bond motifs is 1. The Morgan fingerprint density at radius 1 is 1.00 bits per heavy atom. The SMILES string of the molecule is Cc1nsc(Nc2cnc3ccccc3n2)c1C(=O)Nc1cccc(C(=O)NC(C)C)c1. The summed E-state index contributed by atoms with van der Waals surface area (Å²) < 4.78 is 4.32. The predicted octanol–water partition coefficient (Wildman–Crippen LogP) is 4.53. The molecule has 162 valence electrons. The highest BCUT2D eigenvalue weighted by Crippen LogP contribution is 2.28. The van der Waals surface area contributed by atoms with Gasteiger partial charge in [-0.05, 0) is 62.6 Å². The molecule has 0 aliphatic carbocycles.